The Hall–Kier alpha value is -3.70. The number of nitro groups is 1. The van der Waals surface area contributed by atoms with Crippen molar-refractivity contribution in [2.45, 2.75) is 18.8 Å². The molecule has 0 amide bonds. The molecule has 5 nitrogen and oxygen atoms in total. The standard InChI is InChI=1S/C22H17N3O2/c1-2-6-18-13-22(14-23,15-24)21(20(18)16-7-4-3-5-8-16)17-9-11-19(12-10-17)25(26)27/h2-5,7-12,21H,1,6,13H2. The van der Waals surface area contributed by atoms with Gasteiger partial charge in [0.15, 0.2) is 5.41 Å². The molecule has 1 atom stereocenters. The normalized spacial score (nSPS) is 17.8. The summed E-state index contributed by atoms with van der Waals surface area (Å²) in [4.78, 5) is 10.5. The average molecular weight is 355 g/mol. The number of nitrogens with zero attached hydrogens (tertiary/aromatic N) is 3. The Bertz CT molecular complexity index is 979. The SMILES string of the molecule is C=CCC1=C(c2ccccc2)C(c2ccc([N+](=O)[O-])cc2)C(C#N)(C#N)C1. The molecule has 2 aromatic rings. The van der Waals surface area contributed by atoms with Crippen molar-refractivity contribution in [3.8, 4) is 12.1 Å². The third-order valence-electron chi connectivity index (χ3n) is 4.97. The van der Waals surface area contributed by atoms with Gasteiger partial charge >= 0.3 is 0 Å². The molecule has 0 N–H and O–H groups in total. The van der Waals surface area contributed by atoms with E-state index in [0.717, 1.165) is 22.3 Å². The summed E-state index contributed by atoms with van der Waals surface area (Å²) < 4.78 is 0. The smallest absolute Gasteiger partial charge is 0.258 e. The van der Waals surface area contributed by atoms with Crippen LogP contribution in [0.15, 0.2) is 72.8 Å². The van der Waals surface area contributed by atoms with Crippen molar-refractivity contribution in [2.75, 3.05) is 0 Å². The van der Waals surface area contributed by atoms with E-state index in [4.69, 9.17) is 0 Å². The van der Waals surface area contributed by atoms with Gasteiger partial charge in [-0.15, -0.1) is 6.58 Å². The number of hydrogen-bond acceptors (Lipinski definition) is 4. The van der Waals surface area contributed by atoms with Crippen LogP contribution in [0.4, 0.5) is 5.69 Å². The summed E-state index contributed by atoms with van der Waals surface area (Å²) in [5.41, 5.74) is 2.34. The molecule has 3 rings (SSSR count). The van der Waals surface area contributed by atoms with Gasteiger partial charge in [0.2, 0.25) is 0 Å². The first-order valence-electron chi connectivity index (χ1n) is 8.51. The highest BCUT2D eigenvalue weighted by molar-refractivity contribution is 5.80. The molecule has 1 aliphatic carbocycles. The molecule has 132 valence electrons. The van der Waals surface area contributed by atoms with Crippen LogP contribution in [0.5, 0.6) is 0 Å². The Labute approximate surface area is 157 Å². The quantitative estimate of drug-likeness (QED) is 0.421. The topological polar surface area (TPSA) is 90.7 Å². The monoisotopic (exact) mass is 355 g/mol. The van der Waals surface area contributed by atoms with Crippen LogP contribution in [0, 0.1) is 38.2 Å². The first-order chi connectivity index (χ1) is 13.1. The molecular weight excluding hydrogens is 338 g/mol. The van der Waals surface area contributed by atoms with E-state index < -0.39 is 16.3 Å². The molecule has 27 heavy (non-hydrogen) atoms. The summed E-state index contributed by atoms with van der Waals surface area (Å²) in [6.07, 6.45) is 2.69. The average Bonchev–Trinajstić information content (AvgIpc) is 3.03. The number of benzene rings is 2. The molecule has 0 bridgehead atoms. The lowest BCUT2D eigenvalue weighted by atomic mass is 9.72. The van der Waals surface area contributed by atoms with Crippen molar-refractivity contribution in [3.05, 3.63) is 94.1 Å². The summed E-state index contributed by atoms with van der Waals surface area (Å²) in [5.74, 6) is -0.481. The Morgan fingerprint density at radius 2 is 1.78 bits per heavy atom. The van der Waals surface area contributed by atoms with Gasteiger partial charge in [-0.05, 0) is 23.1 Å². The van der Waals surface area contributed by atoms with Crippen LogP contribution in [-0.4, -0.2) is 4.92 Å². The van der Waals surface area contributed by atoms with Gasteiger partial charge in [0.1, 0.15) is 0 Å². The van der Waals surface area contributed by atoms with E-state index in [1.807, 2.05) is 30.3 Å². The molecule has 0 radical (unpaired) electrons. The van der Waals surface area contributed by atoms with E-state index in [0.29, 0.717) is 12.8 Å². The first kappa shape index (κ1) is 18.1. The van der Waals surface area contributed by atoms with E-state index in [-0.39, 0.29) is 5.69 Å². The highest BCUT2D eigenvalue weighted by Gasteiger charge is 2.49. The van der Waals surface area contributed by atoms with E-state index in [2.05, 4.69) is 18.7 Å². The molecule has 2 aromatic carbocycles. The van der Waals surface area contributed by atoms with Crippen molar-refractivity contribution in [1.29, 1.82) is 10.5 Å². The van der Waals surface area contributed by atoms with Gasteiger partial charge < -0.3 is 0 Å². The van der Waals surface area contributed by atoms with Crippen LogP contribution >= 0.6 is 0 Å². The summed E-state index contributed by atoms with van der Waals surface area (Å²) in [6, 6.07) is 20.3. The molecule has 1 aliphatic rings. The van der Waals surface area contributed by atoms with Gasteiger partial charge in [0, 0.05) is 24.5 Å². The lowest BCUT2D eigenvalue weighted by molar-refractivity contribution is -0.384. The molecule has 0 aromatic heterocycles. The summed E-state index contributed by atoms with van der Waals surface area (Å²) in [6.45, 7) is 3.81. The fourth-order valence-electron chi connectivity index (χ4n) is 3.80. The molecule has 0 saturated carbocycles. The number of non-ortho nitro benzene ring substituents is 1. The van der Waals surface area contributed by atoms with Crippen LogP contribution in [0.2, 0.25) is 0 Å². The molecule has 0 aliphatic heterocycles. The maximum Gasteiger partial charge on any atom is 0.269 e. The van der Waals surface area contributed by atoms with E-state index in [1.54, 1.807) is 18.2 Å². The van der Waals surface area contributed by atoms with Crippen molar-refractivity contribution in [2.24, 2.45) is 5.41 Å². The fraction of sp³-hybridized carbons (Fsp3) is 0.182. The number of nitro benzene ring substituents is 1. The maximum atomic E-state index is 11.0. The van der Waals surface area contributed by atoms with Crippen LogP contribution < -0.4 is 0 Å². The molecule has 0 saturated heterocycles. The predicted octanol–water partition coefficient (Wildman–Crippen LogP) is 5.15. The minimum absolute atomic E-state index is 0.0205. The molecule has 1 unspecified atom stereocenters. The third-order valence-corrected chi connectivity index (χ3v) is 4.97. The van der Waals surface area contributed by atoms with E-state index >= 15 is 0 Å². The van der Waals surface area contributed by atoms with Crippen LogP contribution in [0.1, 0.15) is 29.9 Å². The van der Waals surface area contributed by atoms with Crippen molar-refractivity contribution in [1.82, 2.24) is 0 Å². The second kappa shape index (κ2) is 7.27. The first-order valence-corrected chi connectivity index (χ1v) is 8.51. The fourth-order valence-corrected chi connectivity index (χ4v) is 3.80. The minimum Gasteiger partial charge on any atom is -0.258 e. The van der Waals surface area contributed by atoms with Crippen LogP contribution in [0.25, 0.3) is 5.57 Å². The zero-order valence-electron chi connectivity index (χ0n) is 14.6. The Morgan fingerprint density at radius 3 is 2.30 bits per heavy atom. The Balaban J connectivity index is 2.23. The summed E-state index contributed by atoms with van der Waals surface area (Å²) >= 11 is 0. The van der Waals surface area contributed by atoms with Crippen molar-refractivity contribution < 1.29 is 4.92 Å². The Kier molecular flexibility index (Phi) is 4.88. The van der Waals surface area contributed by atoms with Gasteiger partial charge in [-0.25, -0.2) is 0 Å². The highest BCUT2D eigenvalue weighted by atomic mass is 16.6. The minimum atomic E-state index is -1.25. The van der Waals surface area contributed by atoms with Crippen molar-refractivity contribution >= 4 is 11.3 Å². The van der Waals surface area contributed by atoms with Crippen LogP contribution in [0.3, 0.4) is 0 Å². The molecule has 0 spiro atoms. The second-order valence-corrected chi connectivity index (χ2v) is 6.53. The van der Waals surface area contributed by atoms with Gasteiger partial charge in [-0.1, -0.05) is 54.1 Å². The third kappa shape index (κ3) is 3.12. The lowest BCUT2D eigenvalue weighted by Gasteiger charge is -2.25. The van der Waals surface area contributed by atoms with Gasteiger partial charge in [0.05, 0.1) is 17.1 Å². The summed E-state index contributed by atoms with van der Waals surface area (Å²) in [7, 11) is 0. The molecule has 5 heteroatoms. The lowest BCUT2D eigenvalue weighted by Crippen LogP contribution is -2.22. The Morgan fingerprint density at radius 1 is 1.15 bits per heavy atom. The van der Waals surface area contributed by atoms with Crippen LogP contribution in [-0.2, 0) is 0 Å². The molecule has 0 heterocycles. The maximum absolute atomic E-state index is 11.0. The predicted molar refractivity (Wildman–Crippen MR) is 102 cm³/mol. The molecular formula is C22H17N3O2. The van der Waals surface area contributed by atoms with Gasteiger partial charge in [-0.3, -0.25) is 10.1 Å². The van der Waals surface area contributed by atoms with E-state index in [1.165, 1.54) is 12.1 Å². The second-order valence-electron chi connectivity index (χ2n) is 6.53. The highest BCUT2D eigenvalue weighted by Crippen LogP contribution is 2.56. The number of nitriles is 2. The largest absolute Gasteiger partial charge is 0.269 e. The summed E-state index contributed by atoms with van der Waals surface area (Å²) in [5, 5.41) is 30.8. The molecule has 0 fully saturated rings. The van der Waals surface area contributed by atoms with Gasteiger partial charge in [0.25, 0.3) is 5.69 Å². The number of hydrogen-bond donors (Lipinski definition) is 0. The van der Waals surface area contributed by atoms with Gasteiger partial charge in [-0.2, -0.15) is 10.5 Å². The zero-order chi connectivity index (χ0) is 19.4. The number of rotatable bonds is 5. The van der Waals surface area contributed by atoms with E-state index in [9.17, 15) is 20.6 Å². The number of allylic oxidation sites excluding steroid dienone is 3. The van der Waals surface area contributed by atoms with Crippen molar-refractivity contribution in [3.63, 3.8) is 0 Å². The zero-order valence-corrected chi connectivity index (χ0v) is 14.6.